The van der Waals surface area contributed by atoms with Gasteiger partial charge in [-0.25, -0.2) is 9.55 Å². The summed E-state index contributed by atoms with van der Waals surface area (Å²) in [6, 6.07) is 13.8. The fourth-order valence-corrected chi connectivity index (χ4v) is 2.67. The number of aromatic amines is 1. The lowest BCUT2D eigenvalue weighted by molar-refractivity contribution is -0.670. The molecule has 0 fully saturated rings. The molecular formula is C15H13N2OS+. The molecule has 0 bridgehead atoms. The molecule has 1 N–H and O–H groups in total. The molecule has 0 spiro atoms. The molecule has 0 aliphatic heterocycles. The molecule has 19 heavy (non-hydrogen) atoms. The number of benzene rings is 1. The number of Topliss-reactive ketones (excluding diaryl/α,β-unsaturated/α-hetero) is 1. The van der Waals surface area contributed by atoms with E-state index >= 15 is 0 Å². The second-order valence-corrected chi connectivity index (χ2v) is 5.15. The van der Waals surface area contributed by atoms with E-state index in [9.17, 15) is 4.79 Å². The van der Waals surface area contributed by atoms with Gasteiger partial charge in [-0.2, -0.15) is 0 Å². The minimum absolute atomic E-state index is 0.136. The summed E-state index contributed by atoms with van der Waals surface area (Å²) >= 11 is 1.48. The van der Waals surface area contributed by atoms with E-state index in [1.54, 1.807) is 0 Å². The first-order chi connectivity index (χ1) is 9.34. The number of imidazole rings is 1. The van der Waals surface area contributed by atoms with Crippen LogP contribution in [-0.2, 0) is 6.54 Å². The predicted molar refractivity (Wildman–Crippen MR) is 75.1 cm³/mol. The molecule has 0 unspecified atom stereocenters. The number of rotatable bonds is 4. The van der Waals surface area contributed by atoms with Crippen LogP contribution < -0.4 is 4.57 Å². The summed E-state index contributed by atoms with van der Waals surface area (Å²) in [6.45, 7) is 0.355. The summed E-state index contributed by atoms with van der Waals surface area (Å²) in [5, 5.41) is 1.92. The van der Waals surface area contributed by atoms with Crippen LogP contribution in [0.25, 0.3) is 11.4 Å². The highest BCUT2D eigenvalue weighted by Gasteiger charge is 2.17. The van der Waals surface area contributed by atoms with E-state index in [1.165, 1.54) is 11.3 Å². The first kappa shape index (κ1) is 11.9. The van der Waals surface area contributed by atoms with Crippen molar-refractivity contribution in [2.45, 2.75) is 6.54 Å². The molecule has 4 heteroatoms. The molecule has 0 atom stereocenters. The zero-order valence-electron chi connectivity index (χ0n) is 10.2. The molecule has 3 rings (SSSR count). The van der Waals surface area contributed by atoms with Crippen LogP contribution in [-0.4, -0.2) is 10.8 Å². The summed E-state index contributed by atoms with van der Waals surface area (Å²) in [4.78, 5) is 16.1. The number of thiophene rings is 1. The maximum absolute atomic E-state index is 12.1. The third-order valence-electron chi connectivity index (χ3n) is 2.92. The van der Waals surface area contributed by atoms with Gasteiger partial charge in [-0.15, -0.1) is 11.3 Å². The molecule has 94 valence electrons. The fraction of sp³-hybridized carbons (Fsp3) is 0.0667. The van der Waals surface area contributed by atoms with Gasteiger partial charge < -0.3 is 0 Å². The van der Waals surface area contributed by atoms with E-state index in [0.717, 1.165) is 16.3 Å². The van der Waals surface area contributed by atoms with Crippen LogP contribution in [0.1, 0.15) is 9.67 Å². The smallest absolute Gasteiger partial charge is 0.287 e. The third kappa shape index (κ3) is 2.48. The Bertz CT molecular complexity index is 671. The van der Waals surface area contributed by atoms with Crippen molar-refractivity contribution in [2.75, 3.05) is 0 Å². The van der Waals surface area contributed by atoms with E-state index in [1.807, 2.05) is 64.8 Å². The van der Waals surface area contributed by atoms with Crippen molar-refractivity contribution < 1.29 is 9.36 Å². The first-order valence-corrected chi connectivity index (χ1v) is 6.91. The van der Waals surface area contributed by atoms with Crippen LogP contribution in [0.4, 0.5) is 0 Å². The Kier molecular flexibility index (Phi) is 3.25. The normalized spacial score (nSPS) is 10.5. The molecule has 0 amide bonds. The Morgan fingerprint density at radius 1 is 1.16 bits per heavy atom. The van der Waals surface area contributed by atoms with Crippen molar-refractivity contribution in [1.82, 2.24) is 4.98 Å². The first-order valence-electron chi connectivity index (χ1n) is 6.03. The standard InChI is InChI=1S/C15H12N2OS/c18-13(14-7-4-10-19-14)11-17-9-8-16-15(17)12-5-2-1-3-6-12/h1-10H,11H2/p+1. The number of hydrogen-bond donors (Lipinski definition) is 1. The van der Waals surface area contributed by atoms with Crippen molar-refractivity contribution in [3.8, 4) is 11.4 Å². The van der Waals surface area contributed by atoms with Gasteiger partial charge in [0.2, 0.25) is 5.78 Å². The van der Waals surface area contributed by atoms with E-state index in [4.69, 9.17) is 0 Å². The molecule has 0 saturated heterocycles. The predicted octanol–water partition coefficient (Wildman–Crippen LogP) is 2.91. The number of H-pyrrole nitrogens is 1. The summed E-state index contributed by atoms with van der Waals surface area (Å²) < 4.78 is 1.94. The quantitative estimate of drug-likeness (QED) is 0.574. The van der Waals surface area contributed by atoms with Crippen molar-refractivity contribution in [1.29, 1.82) is 0 Å². The van der Waals surface area contributed by atoms with Crippen LogP contribution in [0.5, 0.6) is 0 Å². The summed E-state index contributed by atoms with van der Waals surface area (Å²) in [5.74, 6) is 1.09. The molecule has 0 aliphatic rings. The molecule has 1 aromatic carbocycles. The van der Waals surface area contributed by atoms with E-state index in [-0.39, 0.29) is 5.78 Å². The Balaban J connectivity index is 1.87. The minimum atomic E-state index is 0.136. The zero-order chi connectivity index (χ0) is 13.1. The molecule has 0 saturated carbocycles. The van der Waals surface area contributed by atoms with Gasteiger partial charge in [0.05, 0.1) is 10.4 Å². The maximum atomic E-state index is 12.1. The number of carbonyl (C=O) groups excluding carboxylic acids is 1. The summed E-state index contributed by atoms with van der Waals surface area (Å²) in [6.07, 6.45) is 3.75. The lowest BCUT2D eigenvalue weighted by atomic mass is 10.2. The van der Waals surface area contributed by atoms with Gasteiger partial charge in [0.15, 0.2) is 6.54 Å². The Morgan fingerprint density at radius 2 is 2.00 bits per heavy atom. The average Bonchev–Trinajstić information content (AvgIpc) is 3.11. The summed E-state index contributed by atoms with van der Waals surface area (Å²) in [7, 11) is 0. The van der Waals surface area contributed by atoms with Crippen LogP contribution >= 0.6 is 11.3 Å². The van der Waals surface area contributed by atoms with Crippen LogP contribution in [0.15, 0.2) is 60.2 Å². The van der Waals surface area contributed by atoms with Crippen molar-refractivity contribution in [3.63, 3.8) is 0 Å². The Morgan fingerprint density at radius 3 is 2.74 bits per heavy atom. The van der Waals surface area contributed by atoms with Gasteiger partial charge in [-0.3, -0.25) is 4.79 Å². The highest BCUT2D eigenvalue weighted by Crippen LogP contribution is 2.13. The van der Waals surface area contributed by atoms with E-state index in [0.29, 0.717) is 6.54 Å². The largest absolute Gasteiger partial charge is 0.289 e. The molecular weight excluding hydrogens is 256 g/mol. The zero-order valence-corrected chi connectivity index (χ0v) is 11.1. The number of carbonyl (C=O) groups is 1. The van der Waals surface area contributed by atoms with Gasteiger partial charge in [0, 0.05) is 0 Å². The lowest BCUT2D eigenvalue weighted by Gasteiger charge is -1.99. The SMILES string of the molecule is O=C(C[n+]1cc[nH]c1-c1ccccc1)c1cccs1. The number of aromatic nitrogens is 2. The second kappa shape index (κ2) is 5.20. The van der Waals surface area contributed by atoms with Gasteiger partial charge in [-0.05, 0) is 23.6 Å². The van der Waals surface area contributed by atoms with Gasteiger partial charge in [0.25, 0.3) is 5.82 Å². The third-order valence-corrected chi connectivity index (χ3v) is 3.83. The Labute approximate surface area is 115 Å². The van der Waals surface area contributed by atoms with Crippen LogP contribution in [0.2, 0.25) is 0 Å². The minimum Gasteiger partial charge on any atom is -0.289 e. The molecule has 0 aliphatic carbocycles. The molecule has 2 aromatic heterocycles. The van der Waals surface area contributed by atoms with Crippen molar-refractivity contribution >= 4 is 17.1 Å². The topological polar surface area (TPSA) is 36.7 Å². The number of ketones is 1. The van der Waals surface area contributed by atoms with Crippen molar-refractivity contribution in [3.05, 3.63) is 65.1 Å². The van der Waals surface area contributed by atoms with Gasteiger partial charge >= 0.3 is 0 Å². The van der Waals surface area contributed by atoms with Gasteiger partial charge in [-0.1, -0.05) is 24.3 Å². The van der Waals surface area contributed by atoms with Crippen LogP contribution in [0, 0.1) is 0 Å². The average molecular weight is 269 g/mol. The van der Waals surface area contributed by atoms with E-state index < -0.39 is 0 Å². The lowest BCUT2D eigenvalue weighted by Crippen LogP contribution is -2.37. The Hall–Kier alpha value is -2.20. The van der Waals surface area contributed by atoms with E-state index in [2.05, 4.69) is 4.98 Å². The molecule has 2 heterocycles. The fourth-order valence-electron chi connectivity index (χ4n) is 2.01. The van der Waals surface area contributed by atoms with Crippen LogP contribution in [0.3, 0.4) is 0 Å². The number of hydrogen-bond acceptors (Lipinski definition) is 2. The number of nitrogens with zero attached hydrogens (tertiary/aromatic N) is 1. The van der Waals surface area contributed by atoms with Crippen molar-refractivity contribution in [2.24, 2.45) is 0 Å². The highest BCUT2D eigenvalue weighted by molar-refractivity contribution is 7.12. The second-order valence-electron chi connectivity index (χ2n) is 4.20. The van der Waals surface area contributed by atoms with Gasteiger partial charge in [0.1, 0.15) is 12.4 Å². The molecule has 3 aromatic rings. The maximum Gasteiger partial charge on any atom is 0.287 e. The molecule has 0 radical (unpaired) electrons. The monoisotopic (exact) mass is 269 g/mol. The highest BCUT2D eigenvalue weighted by atomic mass is 32.1. The number of nitrogens with one attached hydrogen (secondary N) is 1. The molecule has 3 nitrogen and oxygen atoms in total. The summed E-state index contributed by atoms with van der Waals surface area (Å²) in [5.41, 5.74) is 1.08.